The van der Waals surface area contributed by atoms with Crippen molar-refractivity contribution >= 4 is 23.4 Å². The molecular weight excluding hydrogens is 299 g/mol. The Morgan fingerprint density at radius 3 is 2.60 bits per heavy atom. The second-order valence-electron chi connectivity index (χ2n) is 4.08. The fourth-order valence-corrected chi connectivity index (χ4v) is 1.85. The predicted octanol–water partition coefficient (Wildman–Crippen LogP) is 2.62. The number of urea groups is 1. The van der Waals surface area contributed by atoms with Gasteiger partial charge in [-0.3, -0.25) is 5.32 Å². The number of morpholine rings is 1. The standard InChI is InChI=1S/C11H11ClF3N3O2/c12-8-5-7(11(13,14)15)6-16-9(8)17-10(19)18-1-3-20-4-2-18/h5-6H,1-4H2,(H,16,17,19). The number of pyridine rings is 1. The summed E-state index contributed by atoms with van der Waals surface area (Å²) in [5.74, 6) is -0.101. The van der Waals surface area contributed by atoms with E-state index in [1.54, 1.807) is 0 Å². The van der Waals surface area contributed by atoms with E-state index in [9.17, 15) is 18.0 Å². The second-order valence-corrected chi connectivity index (χ2v) is 4.49. The Hall–Kier alpha value is -1.54. The number of ether oxygens (including phenoxy) is 1. The Morgan fingerprint density at radius 1 is 1.40 bits per heavy atom. The van der Waals surface area contributed by atoms with Crippen molar-refractivity contribution in [1.82, 2.24) is 9.88 Å². The monoisotopic (exact) mass is 309 g/mol. The first kappa shape index (κ1) is 14.9. The number of hydrogen-bond donors (Lipinski definition) is 1. The molecule has 1 aliphatic heterocycles. The van der Waals surface area contributed by atoms with Crippen LogP contribution in [0.25, 0.3) is 0 Å². The molecule has 0 unspecified atom stereocenters. The lowest BCUT2D eigenvalue weighted by molar-refractivity contribution is -0.137. The molecule has 5 nitrogen and oxygen atoms in total. The van der Waals surface area contributed by atoms with Gasteiger partial charge in [-0.25, -0.2) is 9.78 Å². The maximum Gasteiger partial charge on any atom is 0.417 e. The number of anilines is 1. The molecule has 1 aromatic rings. The van der Waals surface area contributed by atoms with Gasteiger partial charge in [0.1, 0.15) is 0 Å². The van der Waals surface area contributed by atoms with Crippen molar-refractivity contribution < 1.29 is 22.7 Å². The molecule has 1 fully saturated rings. The Kier molecular flexibility index (Phi) is 4.34. The second kappa shape index (κ2) is 5.84. The highest BCUT2D eigenvalue weighted by molar-refractivity contribution is 6.33. The lowest BCUT2D eigenvalue weighted by atomic mass is 10.3. The molecule has 2 heterocycles. The van der Waals surface area contributed by atoms with Crippen molar-refractivity contribution in [3.8, 4) is 0 Å². The lowest BCUT2D eigenvalue weighted by Gasteiger charge is -2.26. The third-order valence-electron chi connectivity index (χ3n) is 2.69. The summed E-state index contributed by atoms with van der Waals surface area (Å²) in [5.41, 5.74) is -0.966. The number of halogens is 4. The van der Waals surface area contributed by atoms with Gasteiger partial charge >= 0.3 is 12.2 Å². The molecule has 1 aromatic heterocycles. The van der Waals surface area contributed by atoms with Gasteiger partial charge in [0.2, 0.25) is 0 Å². The summed E-state index contributed by atoms with van der Waals surface area (Å²) in [5, 5.41) is 2.12. The first-order valence-electron chi connectivity index (χ1n) is 5.74. The molecule has 1 aliphatic rings. The average Bonchev–Trinajstić information content (AvgIpc) is 2.41. The highest BCUT2D eigenvalue weighted by Gasteiger charge is 2.31. The van der Waals surface area contributed by atoms with E-state index < -0.39 is 17.8 Å². The molecule has 0 atom stereocenters. The van der Waals surface area contributed by atoms with Gasteiger partial charge in [-0.15, -0.1) is 0 Å². The zero-order valence-electron chi connectivity index (χ0n) is 10.2. The summed E-state index contributed by atoms with van der Waals surface area (Å²) in [7, 11) is 0. The van der Waals surface area contributed by atoms with E-state index in [2.05, 4.69) is 10.3 Å². The smallest absolute Gasteiger partial charge is 0.378 e. The van der Waals surface area contributed by atoms with Gasteiger partial charge < -0.3 is 9.64 Å². The maximum absolute atomic E-state index is 12.4. The summed E-state index contributed by atoms with van der Waals surface area (Å²) in [6.45, 7) is 1.65. The quantitative estimate of drug-likeness (QED) is 0.867. The van der Waals surface area contributed by atoms with Crippen LogP contribution in [0.4, 0.5) is 23.8 Å². The first-order chi connectivity index (χ1) is 9.38. The number of carbonyl (C=O) groups excluding carboxylic acids is 1. The third-order valence-corrected chi connectivity index (χ3v) is 2.98. The van der Waals surface area contributed by atoms with E-state index in [0.717, 1.165) is 6.07 Å². The van der Waals surface area contributed by atoms with E-state index in [1.165, 1.54) is 4.90 Å². The van der Waals surface area contributed by atoms with Crippen molar-refractivity contribution in [2.24, 2.45) is 0 Å². The van der Waals surface area contributed by atoms with Crippen molar-refractivity contribution in [3.63, 3.8) is 0 Å². The van der Waals surface area contributed by atoms with Gasteiger partial charge in [-0.2, -0.15) is 13.2 Å². The van der Waals surface area contributed by atoms with Crippen molar-refractivity contribution in [2.45, 2.75) is 6.18 Å². The van der Waals surface area contributed by atoms with E-state index in [0.29, 0.717) is 32.5 Å². The van der Waals surface area contributed by atoms with Crippen LogP contribution in [-0.4, -0.2) is 42.2 Å². The van der Waals surface area contributed by atoms with Crippen LogP contribution in [0, 0.1) is 0 Å². The Labute approximate surface area is 117 Å². The molecule has 1 N–H and O–H groups in total. The SMILES string of the molecule is O=C(Nc1ncc(C(F)(F)F)cc1Cl)N1CCOCC1. The van der Waals surface area contributed by atoms with Crippen LogP contribution in [-0.2, 0) is 10.9 Å². The van der Waals surface area contributed by atoms with Crippen LogP contribution in [0.1, 0.15) is 5.56 Å². The van der Waals surface area contributed by atoms with Crippen molar-refractivity contribution in [3.05, 3.63) is 22.8 Å². The summed E-state index contributed by atoms with van der Waals surface area (Å²) in [6, 6.07) is 0.256. The fourth-order valence-electron chi connectivity index (χ4n) is 1.63. The predicted molar refractivity (Wildman–Crippen MR) is 65.7 cm³/mol. The molecule has 0 bridgehead atoms. The number of amides is 2. The van der Waals surface area contributed by atoms with Gasteiger partial charge in [0, 0.05) is 19.3 Å². The number of aromatic nitrogens is 1. The molecule has 0 spiro atoms. The number of alkyl halides is 3. The van der Waals surface area contributed by atoms with E-state index in [-0.39, 0.29) is 10.8 Å². The summed E-state index contributed by atoms with van der Waals surface area (Å²) >= 11 is 5.70. The van der Waals surface area contributed by atoms with Gasteiger partial charge in [0.15, 0.2) is 5.82 Å². The first-order valence-corrected chi connectivity index (χ1v) is 6.12. The van der Waals surface area contributed by atoms with Gasteiger partial charge in [-0.05, 0) is 6.07 Å². The lowest BCUT2D eigenvalue weighted by Crippen LogP contribution is -2.43. The third kappa shape index (κ3) is 3.51. The Balaban J connectivity index is 2.08. The topological polar surface area (TPSA) is 54.5 Å². The molecule has 2 amide bonds. The van der Waals surface area contributed by atoms with Crippen LogP contribution in [0.2, 0.25) is 5.02 Å². The maximum atomic E-state index is 12.4. The molecule has 0 radical (unpaired) electrons. The number of carbonyl (C=O) groups is 1. The number of nitrogens with one attached hydrogen (secondary N) is 1. The largest absolute Gasteiger partial charge is 0.417 e. The Bertz CT molecular complexity index is 504. The molecule has 110 valence electrons. The molecule has 1 saturated heterocycles. The van der Waals surface area contributed by atoms with Gasteiger partial charge in [0.05, 0.1) is 23.8 Å². The molecule has 9 heteroatoms. The van der Waals surface area contributed by atoms with Crippen molar-refractivity contribution in [1.29, 1.82) is 0 Å². The van der Waals surface area contributed by atoms with Crippen LogP contribution >= 0.6 is 11.6 Å². The van der Waals surface area contributed by atoms with Crippen LogP contribution in [0.5, 0.6) is 0 Å². The molecule has 0 aromatic carbocycles. The molecule has 0 saturated carbocycles. The summed E-state index contributed by atoms with van der Waals surface area (Å²) in [6.07, 6.45) is -3.90. The zero-order chi connectivity index (χ0) is 14.8. The average molecular weight is 310 g/mol. The molecule has 2 rings (SSSR count). The van der Waals surface area contributed by atoms with Crippen molar-refractivity contribution in [2.75, 3.05) is 31.6 Å². The van der Waals surface area contributed by atoms with Crippen LogP contribution in [0.15, 0.2) is 12.3 Å². The van der Waals surface area contributed by atoms with E-state index in [4.69, 9.17) is 16.3 Å². The van der Waals surface area contributed by atoms with E-state index >= 15 is 0 Å². The number of rotatable bonds is 1. The molecular formula is C11H11ClF3N3O2. The Morgan fingerprint density at radius 2 is 2.05 bits per heavy atom. The zero-order valence-corrected chi connectivity index (χ0v) is 11.0. The number of nitrogens with zero attached hydrogens (tertiary/aromatic N) is 2. The minimum atomic E-state index is -4.52. The highest BCUT2D eigenvalue weighted by atomic mass is 35.5. The summed E-state index contributed by atoms with van der Waals surface area (Å²) in [4.78, 5) is 16.8. The number of hydrogen-bond acceptors (Lipinski definition) is 3. The van der Waals surface area contributed by atoms with Crippen LogP contribution in [0.3, 0.4) is 0 Å². The normalized spacial score (nSPS) is 16.1. The van der Waals surface area contributed by atoms with Gasteiger partial charge in [0.25, 0.3) is 0 Å². The molecule has 20 heavy (non-hydrogen) atoms. The van der Waals surface area contributed by atoms with Crippen LogP contribution < -0.4 is 5.32 Å². The summed E-state index contributed by atoms with van der Waals surface area (Å²) < 4.78 is 42.4. The minimum absolute atomic E-state index is 0.101. The van der Waals surface area contributed by atoms with E-state index in [1.807, 2.05) is 0 Å². The van der Waals surface area contributed by atoms with Gasteiger partial charge in [-0.1, -0.05) is 11.6 Å². The highest BCUT2D eigenvalue weighted by Crippen LogP contribution is 2.32. The molecule has 0 aliphatic carbocycles. The minimum Gasteiger partial charge on any atom is -0.378 e. The fraction of sp³-hybridized carbons (Fsp3) is 0.455.